The van der Waals surface area contributed by atoms with Crippen LogP contribution in [-0.2, 0) is 4.74 Å². The summed E-state index contributed by atoms with van der Waals surface area (Å²) in [6, 6.07) is 5.95. The highest BCUT2D eigenvalue weighted by Gasteiger charge is 2.26. The van der Waals surface area contributed by atoms with Crippen molar-refractivity contribution in [3.05, 3.63) is 33.8 Å². The molecular formula is C15H22Cl2N2O. The van der Waals surface area contributed by atoms with Crippen LogP contribution in [0.15, 0.2) is 18.2 Å². The normalized spacial score (nSPS) is 21.9. The van der Waals surface area contributed by atoms with Crippen molar-refractivity contribution in [3.8, 4) is 0 Å². The highest BCUT2D eigenvalue weighted by molar-refractivity contribution is 6.42. The Morgan fingerprint density at radius 3 is 2.85 bits per heavy atom. The van der Waals surface area contributed by atoms with Gasteiger partial charge in [0, 0.05) is 25.7 Å². The topological polar surface area (TPSA) is 38.5 Å². The van der Waals surface area contributed by atoms with Crippen LogP contribution in [0.4, 0.5) is 0 Å². The van der Waals surface area contributed by atoms with Crippen LogP contribution < -0.4 is 5.73 Å². The number of nitrogens with two attached hydrogens (primary N) is 1. The molecule has 2 N–H and O–H groups in total. The SMILES string of the molecule is CCOC1CCCN(C(CN)c2ccc(Cl)c(Cl)c2)C1. The highest BCUT2D eigenvalue weighted by atomic mass is 35.5. The van der Waals surface area contributed by atoms with Gasteiger partial charge in [-0.05, 0) is 44.0 Å². The predicted molar refractivity (Wildman–Crippen MR) is 84.5 cm³/mol. The van der Waals surface area contributed by atoms with E-state index in [2.05, 4.69) is 4.90 Å². The van der Waals surface area contributed by atoms with Crippen molar-refractivity contribution in [2.45, 2.75) is 31.9 Å². The van der Waals surface area contributed by atoms with Gasteiger partial charge in [0.1, 0.15) is 0 Å². The van der Waals surface area contributed by atoms with Gasteiger partial charge in [-0.25, -0.2) is 0 Å². The number of rotatable bonds is 5. The van der Waals surface area contributed by atoms with Crippen molar-refractivity contribution in [3.63, 3.8) is 0 Å². The molecule has 2 unspecified atom stereocenters. The van der Waals surface area contributed by atoms with Gasteiger partial charge in [0.05, 0.1) is 16.1 Å². The Labute approximate surface area is 131 Å². The number of nitrogens with zero attached hydrogens (tertiary/aromatic N) is 1. The van der Waals surface area contributed by atoms with E-state index in [-0.39, 0.29) is 6.04 Å². The number of ether oxygens (including phenoxy) is 1. The quantitative estimate of drug-likeness (QED) is 0.903. The van der Waals surface area contributed by atoms with Gasteiger partial charge < -0.3 is 10.5 Å². The first-order valence-corrected chi connectivity index (χ1v) is 7.92. The second-order valence-electron chi connectivity index (χ2n) is 5.14. The minimum atomic E-state index is 0.174. The number of piperidine rings is 1. The summed E-state index contributed by atoms with van der Waals surface area (Å²) >= 11 is 12.1. The summed E-state index contributed by atoms with van der Waals surface area (Å²) in [5.74, 6) is 0. The molecule has 3 nitrogen and oxygen atoms in total. The first kappa shape index (κ1) is 16.1. The van der Waals surface area contributed by atoms with Crippen LogP contribution in [0.3, 0.4) is 0 Å². The third-order valence-corrected chi connectivity index (χ3v) is 4.54. The second kappa shape index (κ2) is 7.62. The van der Waals surface area contributed by atoms with Crippen LogP contribution in [-0.4, -0.2) is 37.2 Å². The van der Waals surface area contributed by atoms with E-state index in [9.17, 15) is 0 Å². The molecule has 1 aromatic carbocycles. The van der Waals surface area contributed by atoms with Crippen LogP contribution >= 0.6 is 23.2 Å². The summed E-state index contributed by atoms with van der Waals surface area (Å²) in [6.07, 6.45) is 2.58. The van der Waals surface area contributed by atoms with E-state index in [1.54, 1.807) is 0 Å². The molecule has 0 amide bonds. The fourth-order valence-corrected chi connectivity index (χ4v) is 3.14. The largest absolute Gasteiger partial charge is 0.377 e. The standard InChI is InChI=1S/C15H22Cl2N2O/c1-2-20-12-4-3-7-19(10-12)15(9-18)11-5-6-13(16)14(17)8-11/h5-6,8,12,15H,2-4,7,9-10,18H2,1H3. The number of halogens is 2. The summed E-state index contributed by atoms with van der Waals surface area (Å²) in [5, 5.41) is 1.16. The fourth-order valence-electron chi connectivity index (χ4n) is 2.84. The van der Waals surface area contributed by atoms with Gasteiger partial charge >= 0.3 is 0 Å². The smallest absolute Gasteiger partial charge is 0.0702 e. The Morgan fingerprint density at radius 1 is 1.40 bits per heavy atom. The Morgan fingerprint density at radius 2 is 2.20 bits per heavy atom. The lowest BCUT2D eigenvalue weighted by atomic mass is 10.0. The molecule has 0 aliphatic carbocycles. The van der Waals surface area contributed by atoms with E-state index in [0.29, 0.717) is 22.7 Å². The van der Waals surface area contributed by atoms with Gasteiger partial charge in [0.2, 0.25) is 0 Å². The number of likely N-dealkylation sites (tertiary alicyclic amines) is 1. The molecule has 1 aromatic rings. The maximum Gasteiger partial charge on any atom is 0.0702 e. The minimum Gasteiger partial charge on any atom is -0.377 e. The molecular weight excluding hydrogens is 295 g/mol. The molecule has 0 spiro atoms. The fraction of sp³-hybridized carbons (Fsp3) is 0.600. The molecule has 1 fully saturated rings. The molecule has 1 aliphatic rings. The third-order valence-electron chi connectivity index (χ3n) is 3.80. The van der Waals surface area contributed by atoms with Crippen LogP contribution in [0.1, 0.15) is 31.4 Å². The Bertz CT molecular complexity index is 440. The molecule has 0 saturated carbocycles. The van der Waals surface area contributed by atoms with Crippen LogP contribution in [0.25, 0.3) is 0 Å². The number of hydrogen-bond donors (Lipinski definition) is 1. The minimum absolute atomic E-state index is 0.174. The van der Waals surface area contributed by atoms with Gasteiger partial charge in [0.15, 0.2) is 0 Å². The molecule has 0 bridgehead atoms. The van der Waals surface area contributed by atoms with Crippen molar-refractivity contribution in [2.24, 2.45) is 5.73 Å². The molecule has 1 aliphatic heterocycles. The second-order valence-corrected chi connectivity index (χ2v) is 5.95. The van der Waals surface area contributed by atoms with E-state index < -0.39 is 0 Å². The monoisotopic (exact) mass is 316 g/mol. The first-order chi connectivity index (χ1) is 9.65. The highest BCUT2D eigenvalue weighted by Crippen LogP contribution is 2.29. The van der Waals surface area contributed by atoms with Crippen LogP contribution in [0, 0.1) is 0 Å². The average molecular weight is 317 g/mol. The maximum atomic E-state index is 6.12. The van der Waals surface area contributed by atoms with Gasteiger partial charge in [-0.3, -0.25) is 4.90 Å². The lowest BCUT2D eigenvalue weighted by molar-refractivity contribution is -0.00659. The zero-order valence-electron chi connectivity index (χ0n) is 11.8. The molecule has 5 heteroatoms. The molecule has 2 rings (SSSR count). The summed E-state index contributed by atoms with van der Waals surface area (Å²) in [4.78, 5) is 2.39. The van der Waals surface area contributed by atoms with Crippen LogP contribution in [0.2, 0.25) is 10.0 Å². The third kappa shape index (κ3) is 3.86. The molecule has 0 aromatic heterocycles. The molecule has 112 valence electrons. The van der Waals surface area contributed by atoms with Gasteiger partial charge in [-0.15, -0.1) is 0 Å². The zero-order chi connectivity index (χ0) is 14.5. The summed E-state index contributed by atoms with van der Waals surface area (Å²) in [6.45, 7) is 5.34. The number of hydrogen-bond acceptors (Lipinski definition) is 3. The van der Waals surface area contributed by atoms with Gasteiger partial charge in [-0.1, -0.05) is 29.3 Å². The lowest BCUT2D eigenvalue weighted by Crippen LogP contribution is -2.44. The van der Waals surface area contributed by atoms with Crippen molar-refractivity contribution < 1.29 is 4.74 Å². The average Bonchev–Trinajstić information content (AvgIpc) is 2.44. The van der Waals surface area contributed by atoms with Crippen molar-refractivity contribution in [2.75, 3.05) is 26.2 Å². The van der Waals surface area contributed by atoms with Gasteiger partial charge in [-0.2, -0.15) is 0 Å². The molecule has 1 heterocycles. The van der Waals surface area contributed by atoms with E-state index in [1.807, 2.05) is 25.1 Å². The summed E-state index contributed by atoms with van der Waals surface area (Å²) < 4.78 is 5.76. The lowest BCUT2D eigenvalue weighted by Gasteiger charge is -2.38. The number of benzene rings is 1. The Hall–Kier alpha value is -0.320. The molecule has 0 radical (unpaired) electrons. The predicted octanol–water partition coefficient (Wildman–Crippen LogP) is 3.49. The van der Waals surface area contributed by atoms with E-state index >= 15 is 0 Å². The summed E-state index contributed by atoms with van der Waals surface area (Å²) in [5.41, 5.74) is 7.11. The first-order valence-electron chi connectivity index (χ1n) is 7.16. The van der Waals surface area contributed by atoms with Crippen molar-refractivity contribution in [1.29, 1.82) is 0 Å². The summed E-state index contributed by atoms with van der Waals surface area (Å²) in [7, 11) is 0. The molecule has 1 saturated heterocycles. The Kier molecular flexibility index (Phi) is 6.12. The van der Waals surface area contributed by atoms with Gasteiger partial charge in [0.25, 0.3) is 0 Å². The van der Waals surface area contributed by atoms with Crippen LogP contribution in [0.5, 0.6) is 0 Å². The Balaban J connectivity index is 2.12. The maximum absolute atomic E-state index is 6.12. The van der Waals surface area contributed by atoms with E-state index in [4.69, 9.17) is 33.7 Å². The van der Waals surface area contributed by atoms with E-state index in [1.165, 1.54) is 0 Å². The molecule has 2 atom stereocenters. The van der Waals surface area contributed by atoms with Crippen molar-refractivity contribution in [1.82, 2.24) is 4.90 Å². The zero-order valence-corrected chi connectivity index (χ0v) is 13.3. The van der Waals surface area contributed by atoms with E-state index in [0.717, 1.165) is 38.1 Å². The van der Waals surface area contributed by atoms with Crippen molar-refractivity contribution >= 4 is 23.2 Å². The molecule has 20 heavy (non-hydrogen) atoms.